The summed E-state index contributed by atoms with van der Waals surface area (Å²) in [5.74, 6) is 0.663. The Morgan fingerprint density at radius 2 is 2.24 bits per heavy atom. The van der Waals surface area contributed by atoms with Crippen LogP contribution in [0, 0.1) is 0 Å². The van der Waals surface area contributed by atoms with E-state index in [-0.39, 0.29) is 0 Å². The summed E-state index contributed by atoms with van der Waals surface area (Å²) in [7, 11) is 3.83. The molecule has 0 aliphatic carbocycles. The number of aromatic nitrogens is 1. The molecule has 1 aromatic rings. The Morgan fingerprint density at radius 3 is 2.94 bits per heavy atom. The highest BCUT2D eigenvalue weighted by molar-refractivity contribution is 5.42. The molecule has 1 atom stereocenters. The van der Waals surface area contributed by atoms with Gasteiger partial charge in [0.1, 0.15) is 0 Å². The molecule has 94 valence electrons. The second-order valence-electron chi connectivity index (χ2n) is 4.66. The molecule has 17 heavy (non-hydrogen) atoms. The first-order chi connectivity index (χ1) is 8.28. The molecule has 2 heterocycles. The van der Waals surface area contributed by atoms with E-state index in [1.165, 1.54) is 32.4 Å². The molecule has 1 aliphatic rings. The number of rotatable bonds is 3. The lowest BCUT2D eigenvalue weighted by Crippen LogP contribution is -2.23. The molecule has 0 radical (unpaired) electrons. The van der Waals surface area contributed by atoms with Crippen LogP contribution in [0.4, 0.5) is 5.69 Å². The van der Waals surface area contributed by atoms with Crippen LogP contribution < -0.4 is 10.1 Å². The minimum Gasteiger partial charge on any atom is -0.481 e. The number of ether oxygens (including phenoxy) is 1. The molecular weight excluding hydrogens is 214 g/mol. The van der Waals surface area contributed by atoms with E-state index in [2.05, 4.69) is 22.2 Å². The van der Waals surface area contributed by atoms with Gasteiger partial charge in [0.05, 0.1) is 19.0 Å². The molecule has 1 unspecified atom stereocenters. The summed E-state index contributed by atoms with van der Waals surface area (Å²) in [5, 5.41) is 3.55. The van der Waals surface area contributed by atoms with E-state index in [4.69, 9.17) is 4.74 Å². The number of pyridine rings is 1. The molecule has 1 N–H and O–H groups in total. The van der Waals surface area contributed by atoms with Gasteiger partial charge >= 0.3 is 0 Å². The van der Waals surface area contributed by atoms with Crippen molar-refractivity contribution in [3.05, 3.63) is 18.3 Å². The number of hydrogen-bond donors (Lipinski definition) is 1. The minimum atomic E-state index is 0.565. The van der Waals surface area contributed by atoms with Crippen molar-refractivity contribution < 1.29 is 4.74 Å². The van der Waals surface area contributed by atoms with Gasteiger partial charge in [-0.2, -0.15) is 0 Å². The highest BCUT2D eigenvalue weighted by atomic mass is 16.5. The molecule has 0 saturated carbocycles. The maximum atomic E-state index is 5.05. The first-order valence-corrected chi connectivity index (χ1v) is 6.23. The maximum absolute atomic E-state index is 5.05. The van der Waals surface area contributed by atoms with Gasteiger partial charge in [0, 0.05) is 12.1 Å². The number of nitrogens with zero attached hydrogens (tertiary/aromatic N) is 2. The number of likely N-dealkylation sites (tertiary alicyclic amines) is 1. The topological polar surface area (TPSA) is 37.4 Å². The van der Waals surface area contributed by atoms with E-state index < -0.39 is 0 Å². The molecule has 4 nitrogen and oxygen atoms in total. The molecule has 0 aromatic carbocycles. The molecule has 0 spiro atoms. The van der Waals surface area contributed by atoms with Crippen LogP contribution in [0.3, 0.4) is 0 Å². The average molecular weight is 235 g/mol. The third-order valence-electron chi connectivity index (χ3n) is 3.27. The van der Waals surface area contributed by atoms with Crippen LogP contribution in [0.1, 0.15) is 19.3 Å². The average Bonchev–Trinajstić information content (AvgIpc) is 2.56. The monoisotopic (exact) mass is 235 g/mol. The van der Waals surface area contributed by atoms with Crippen LogP contribution in [0.15, 0.2) is 18.3 Å². The molecular formula is C13H21N3O. The summed E-state index contributed by atoms with van der Waals surface area (Å²) < 4.78 is 5.05. The SMILES string of the molecule is COc1ccc(NC2CCCN(C)CC2)cn1. The van der Waals surface area contributed by atoms with E-state index in [1.807, 2.05) is 18.3 Å². The van der Waals surface area contributed by atoms with E-state index >= 15 is 0 Å². The Hall–Kier alpha value is -1.29. The van der Waals surface area contributed by atoms with Crippen molar-refractivity contribution in [1.82, 2.24) is 9.88 Å². The van der Waals surface area contributed by atoms with Gasteiger partial charge in [-0.05, 0) is 45.5 Å². The molecule has 1 aromatic heterocycles. The summed E-state index contributed by atoms with van der Waals surface area (Å²) in [5.41, 5.74) is 1.08. The van der Waals surface area contributed by atoms with Gasteiger partial charge in [-0.25, -0.2) is 4.98 Å². The zero-order valence-electron chi connectivity index (χ0n) is 10.6. The summed E-state index contributed by atoms with van der Waals surface area (Å²) in [4.78, 5) is 6.60. The molecule has 1 aliphatic heterocycles. The van der Waals surface area contributed by atoms with E-state index in [0.717, 1.165) is 5.69 Å². The number of anilines is 1. The van der Waals surface area contributed by atoms with Crippen molar-refractivity contribution in [1.29, 1.82) is 0 Å². The fourth-order valence-corrected chi connectivity index (χ4v) is 2.21. The first kappa shape index (κ1) is 12.2. The largest absolute Gasteiger partial charge is 0.481 e. The number of hydrogen-bond acceptors (Lipinski definition) is 4. The molecule has 1 fully saturated rings. The van der Waals surface area contributed by atoms with E-state index in [0.29, 0.717) is 11.9 Å². The van der Waals surface area contributed by atoms with Crippen LogP contribution in [0.25, 0.3) is 0 Å². The molecule has 4 heteroatoms. The lowest BCUT2D eigenvalue weighted by molar-refractivity contribution is 0.348. The van der Waals surface area contributed by atoms with Crippen LogP contribution in [0.5, 0.6) is 5.88 Å². The van der Waals surface area contributed by atoms with Gasteiger partial charge in [0.15, 0.2) is 0 Å². The lowest BCUT2D eigenvalue weighted by Gasteiger charge is -2.17. The third kappa shape index (κ3) is 3.60. The van der Waals surface area contributed by atoms with Gasteiger partial charge in [0.25, 0.3) is 0 Å². The van der Waals surface area contributed by atoms with Gasteiger partial charge in [-0.1, -0.05) is 0 Å². The van der Waals surface area contributed by atoms with Crippen molar-refractivity contribution in [2.75, 3.05) is 32.6 Å². The van der Waals surface area contributed by atoms with Gasteiger partial charge < -0.3 is 15.0 Å². The minimum absolute atomic E-state index is 0.565. The summed E-state index contributed by atoms with van der Waals surface area (Å²) >= 11 is 0. The molecule has 0 amide bonds. The van der Waals surface area contributed by atoms with Crippen LogP contribution >= 0.6 is 0 Å². The van der Waals surface area contributed by atoms with E-state index in [1.54, 1.807) is 7.11 Å². The van der Waals surface area contributed by atoms with Crippen molar-refractivity contribution in [2.24, 2.45) is 0 Å². The maximum Gasteiger partial charge on any atom is 0.213 e. The Bertz CT molecular complexity index is 339. The second-order valence-corrected chi connectivity index (χ2v) is 4.66. The van der Waals surface area contributed by atoms with Gasteiger partial charge in [0.2, 0.25) is 5.88 Å². The van der Waals surface area contributed by atoms with Crippen LogP contribution in [-0.2, 0) is 0 Å². The Balaban J connectivity index is 1.90. The summed E-state index contributed by atoms with van der Waals surface area (Å²) in [6, 6.07) is 4.49. The highest BCUT2D eigenvalue weighted by Crippen LogP contribution is 2.17. The fourth-order valence-electron chi connectivity index (χ4n) is 2.21. The van der Waals surface area contributed by atoms with Gasteiger partial charge in [-0.15, -0.1) is 0 Å². The predicted molar refractivity (Wildman–Crippen MR) is 69.5 cm³/mol. The summed E-state index contributed by atoms with van der Waals surface area (Å²) in [6.07, 6.45) is 5.53. The van der Waals surface area contributed by atoms with Crippen molar-refractivity contribution >= 4 is 5.69 Å². The normalized spacial score (nSPS) is 21.9. The first-order valence-electron chi connectivity index (χ1n) is 6.23. The lowest BCUT2D eigenvalue weighted by atomic mass is 10.1. The Kier molecular flexibility index (Phi) is 4.20. The van der Waals surface area contributed by atoms with Crippen molar-refractivity contribution in [2.45, 2.75) is 25.3 Å². The molecule has 2 rings (SSSR count). The molecule has 1 saturated heterocycles. The highest BCUT2D eigenvalue weighted by Gasteiger charge is 2.14. The standard InChI is InChI=1S/C13H21N3O/c1-16-8-3-4-11(7-9-16)15-12-5-6-13(17-2)14-10-12/h5-6,10-11,15H,3-4,7-9H2,1-2H3. The number of nitrogens with one attached hydrogen (secondary N) is 1. The van der Waals surface area contributed by atoms with Crippen LogP contribution in [-0.4, -0.2) is 43.2 Å². The fraction of sp³-hybridized carbons (Fsp3) is 0.615. The molecule has 0 bridgehead atoms. The zero-order valence-corrected chi connectivity index (χ0v) is 10.6. The Morgan fingerprint density at radius 1 is 1.35 bits per heavy atom. The van der Waals surface area contributed by atoms with Gasteiger partial charge in [-0.3, -0.25) is 0 Å². The van der Waals surface area contributed by atoms with Crippen molar-refractivity contribution in [3.63, 3.8) is 0 Å². The third-order valence-corrected chi connectivity index (χ3v) is 3.27. The Labute approximate surface area is 103 Å². The quantitative estimate of drug-likeness (QED) is 0.869. The van der Waals surface area contributed by atoms with E-state index in [9.17, 15) is 0 Å². The number of methoxy groups -OCH3 is 1. The zero-order chi connectivity index (χ0) is 12.1. The predicted octanol–water partition coefficient (Wildman–Crippen LogP) is 1.99. The second kappa shape index (κ2) is 5.87. The van der Waals surface area contributed by atoms with Crippen LogP contribution in [0.2, 0.25) is 0 Å². The van der Waals surface area contributed by atoms with Crippen molar-refractivity contribution in [3.8, 4) is 5.88 Å². The smallest absolute Gasteiger partial charge is 0.213 e. The summed E-state index contributed by atoms with van der Waals surface area (Å²) in [6.45, 7) is 2.38.